The van der Waals surface area contributed by atoms with Crippen LogP contribution in [0.2, 0.25) is 0 Å². The fourth-order valence-electron chi connectivity index (χ4n) is 2.16. The zero-order valence-corrected chi connectivity index (χ0v) is 9.47. The Bertz CT molecular complexity index is 361. The highest BCUT2D eigenvalue weighted by Crippen LogP contribution is 2.38. The van der Waals surface area contributed by atoms with E-state index in [9.17, 15) is 8.78 Å². The van der Waals surface area contributed by atoms with Crippen LogP contribution in [0.15, 0.2) is 24.3 Å². The SMILES string of the molecule is CC(F)(F)Cc1ccc(C2(N)CCC2)cc1. The molecule has 1 saturated carbocycles. The Balaban J connectivity index is 2.10. The Kier molecular flexibility index (Phi) is 2.74. The molecule has 0 atom stereocenters. The summed E-state index contributed by atoms with van der Waals surface area (Å²) >= 11 is 0. The van der Waals surface area contributed by atoms with Crippen molar-refractivity contribution in [1.82, 2.24) is 0 Å². The number of halogens is 2. The van der Waals surface area contributed by atoms with Crippen LogP contribution >= 0.6 is 0 Å². The van der Waals surface area contributed by atoms with E-state index in [2.05, 4.69) is 0 Å². The smallest absolute Gasteiger partial charge is 0.249 e. The van der Waals surface area contributed by atoms with E-state index in [1.54, 1.807) is 12.1 Å². The Morgan fingerprint density at radius 3 is 2.19 bits per heavy atom. The van der Waals surface area contributed by atoms with Crippen molar-refractivity contribution in [3.05, 3.63) is 35.4 Å². The summed E-state index contributed by atoms with van der Waals surface area (Å²) in [5, 5.41) is 0. The predicted octanol–water partition coefficient (Wildman–Crippen LogP) is 3.22. The molecule has 1 nitrogen and oxygen atoms in total. The first-order valence-electron chi connectivity index (χ1n) is 5.65. The summed E-state index contributed by atoms with van der Waals surface area (Å²) in [4.78, 5) is 0. The second-order valence-electron chi connectivity index (χ2n) is 4.95. The third kappa shape index (κ3) is 2.40. The van der Waals surface area contributed by atoms with Crippen molar-refractivity contribution in [1.29, 1.82) is 0 Å². The highest BCUT2D eigenvalue weighted by molar-refractivity contribution is 5.30. The van der Waals surface area contributed by atoms with Crippen molar-refractivity contribution in [2.45, 2.75) is 44.1 Å². The summed E-state index contributed by atoms with van der Waals surface area (Å²) in [5.41, 5.74) is 7.69. The highest BCUT2D eigenvalue weighted by atomic mass is 19.3. The minimum Gasteiger partial charge on any atom is -0.321 e. The van der Waals surface area contributed by atoms with Crippen molar-refractivity contribution in [3.63, 3.8) is 0 Å². The van der Waals surface area contributed by atoms with Crippen LogP contribution in [0.5, 0.6) is 0 Å². The molecule has 16 heavy (non-hydrogen) atoms. The van der Waals surface area contributed by atoms with Crippen molar-refractivity contribution < 1.29 is 8.78 Å². The van der Waals surface area contributed by atoms with E-state index in [0.29, 0.717) is 5.56 Å². The van der Waals surface area contributed by atoms with Crippen molar-refractivity contribution in [3.8, 4) is 0 Å². The molecule has 2 N–H and O–H groups in total. The summed E-state index contributed by atoms with van der Waals surface area (Å²) in [6, 6.07) is 7.31. The van der Waals surface area contributed by atoms with Gasteiger partial charge in [-0.15, -0.1) is 0 Å². The fourth-order valence-corrected chi connectivity index (χ4v) is 2.16. The number of benzene rings is 1. The molecule has 0 aromatic heterocycles. The molecule has 1 fully saturated rings. The lowest BCUT2D eigenvalue weighted by Gasteiger charge is -2.38. The molecule has 1 aliphatic rings. The van der Waals surface area contributed by atoms with E-state index in [0.717, 1.165) is 31.7 Å². The minimum absolute atomic E-state index is 0.201. The molecular weight excluding hydrogens is 208 g/mol. The Labute approximate surface area is 94.7 Å². The van der Waals surface area contributed by atoms with Crippen LogP contribution in [0.4, 0.5) is 8.78 Å². The Hall–Kier alpha value is -0.960. The number of alkyl halides is 2. The lowest BCUT2D eigenvalue weighted by atomic mass is 9.72. The average Bonchev–Trinajstić information content (AvgIpc) is 2.13. The summed E-state index contributed by atoms with van der Waals surface area (Å²) in [6.07, 6.45) is 2.95. The van der Waals surface area contributed by atoms with Crippen LogP contribution < -0.4 is 5.73 Å². The first-order valence-corrected chi connectivity index (χ1v) is 5.65. The molecule has 0 radical (unpaired) electrons. The molecular formula is C13H17F2N. The van der Waals surface area contributed by atoms with Gasteiger partial charge in [0.25, 0.3) is 0 Å². The zero-order valence-electron chi connectivity index (χ0n) is 9.47. The van der Waals surface area contributed by atoms with Gasteiger partial charge < -0.3 is 5.73 Å². The quantitative estimate of drug-likeness (QED) is 0.839. The van der Waals surface area contributed by atoms with Crippen LogP contribution in [0.3, 0.4) is 0 Å². The maximum atomic E-state index is 12.8. The lowest BCUT2D eigenvalue weighted by molar-refractivity contribution is 0.0226. The van der Waals surface area contributed by atoms with Crippen molar-refractivity contribution >= 4 is 0 Å². The molecule has 0 amide bonds. The second kappa shape index (κ2) is 3.81. The molecule has 3 heteroatoms. The van der Waals surface area contributed by atoms with E-state index < -0.39 is 5.92 Å². The summed E-state index contributed by atoms with van der Waals surface area (Å²) in [5.74, 6) is -2.64. The normalized spacial score (nSPS) is 19.2. The fraction of sp³-hybridized carbons (Fsp3) is 0.538. The van der Waals surface area contributed by atoms with Crippen LogP contribution in [0.1, 0.15) is 37.3 Å². The van der Waals surface area contributed by atoms with Gasteiger partial charge in [-0.25, -0.2) is 8.78 Å². The van der Waals surface area contributed by atoms with Gasteiger partial charge in [0.2, 0.25) is 5.92 Å². The van der Waals surface area contributed by atoms with Crippen LogP contribution in [-0.4, -0.2) is 5.92 Å². The van der Waals surface area contributed by atoms with Gasteiger partial charge in [-0.05, 0) is 37.3 Å². The lowest BCUT2D eigenvalue weighted by Crippen LogP contribution is -2.43. The zero-order chi connectivity index (χ0) is 11.8. The van der Waals surface area contributed by atoms with Crippen LogP contribution in [0, 0.1) is 0 Å². The van der Waals surface area contributed by atoms with Gasteiger partial charge in [-0.1, -0.05) is 24.3 Å². The third-order valence-electron chi connectivity index (χ3n) is 3.29. The number of hydrogen-bond acceptors (Lipinski definition) is 1. The van der Waals surface area contributed by atoms with E-state index >= 15 is 0 Å². The summed E-state index contributed by atoms with van der Waals surface area (Å²) < 4.78 is 25.6. The molecule has 0 bridgehead atoms. The van der Waals surface area contributed by atoms with Gasteiger partial charge in [0.15, 0.2) is 0 Å². The summed E-state index contributed by atoms with van der Waals surface area (Å²) in [6.45, 7) is 0.942. The minimum atomic E-state index is -2.64. The van der Waals surface area contributed by atoms with Crippen LogP contribution in [-0.2, 0) is 12.0 Å². The van der Waals surface area contributed by atoms with Gasteiger partial charge in [-0.2, -0.15) is 0 Å². The Morgan fingerprint density at radius 2 is 1.81 bits per heavy atom. The second-order valence-corrected chi connectivity index (χ2v) is 4.95. The first-order chi connectivity index (χ1) is 7.39. The molecule has 0 heterocycles. The molecule has 1 aromatic carbocycles. The van der Waals surface area contributed by atoms with Gasteiger partial charge in [-0.3, -0.25) is 0 Å². The molecule has 1 aliphatic carbocycles. The molecule has 0 spiro atoms. The number of rotatable bonds is 3. The Morgan fingerprint density at radius 1 is 1.25 bits per heavy atom. The molecule has 0 aliphatic heterocycles. The maximum absolute atomic E-state index is 12.8. The van der Waals surface area contributed by atoms with E-state index in [1.165, 1.54) is 0 Å². The molecule has 0 unspecified atom stereocenters. The standard InChI is InChI=1S/C13H17F2N/c1-12(14,15)9-10-3-5-11(6-4-10)13(16)7-2-8-13/h3-6H,2,7-9,16H2,1H3. The van der Waals surface area contributed by atoms with Crippen LogP contribution in [0.25, 0.3) is 0 Å². The maximum Gasteiger partial charge on any atom is 0.249 e. The van der Waals surface area contributed by atoms with E-state index in [4.69, 9.17) is 5.73 Å². The first kappa shape index (κ1) is 11.5. The largest absolute Gasteiger partial charge is 0.321 e. The van der Waals surface area contributed by atoms with Crippen molar-refractivity contribution in [2.24, 2.45) is 5.73 Å². The van der Waals surface area contributed by atoms with E-state index in [1.807, 2.05) is 12.1 Å². The molecule has 1 aromatic rings. The van der Waals surface area contributed by atoms with Gasteiger partial charge >= 0.3 is 0 Å². The van der Waals surface area contributed by atoms with Crippen molar-refractivity contribution in [2.75, 3.05) is 0 Å². The van der Waals surface area contributed by atoms with Gasteiger partial charge in [0.05, 0.1) is 0 Å². The van der Waals surface area contributed by atoms with E-state index in [-0.39, 0.29) is 12.0 Å². The molecule has 2 rings (SSSR count). The monoisotopic (exact) mass is 225 g/mol. The van der Waals surface area contributed by atoms with Gasteiger partial charge in [0.1, 0.15) is 0 Å². The predicted molar refractivity (Wildman–Crippen MR) is 60.5 cm³/mol. The highest BCUT2D eigenvalue weighted by Gasteiger charge is 2.34. The topological polar surface area (TPSA) is 26.0 Å². The average molecular weight is 225 g/mol. The molecule has 88 valence electrons. The third-order valence-corrected chi connectivity index (χ3v) is 3.29. The number of nitrogens with two attached hydrogens (primary N) is 1. The van der Waals surface area contributed by atoms with Gasteiger partial charge in [0, 0.05) is 12.0 Å². The summed E-state index contributed by atoms with van der Waals surface area (Å²) in [7, 11) is 0. The number of hydrogen-bond donors (Lipinski definition) is 1. The molecule has 0 saturated heterocycles.